The van der Waals surface area contributed by atoms with Crippen LogP contribution in [0, 0.1) is 0 Å². The number of aromatic nitrogens is 2. The molecule has 0 unspecified atom stereocenters. The molecule has 0 fully saturated rings. The van der Waals surface area contributed by atoms with Crippen molar-refractivity contribution >= 4 is 17.5 Å². The van der Waals surface area contributed by atoms with E-state index in [-0.39, 0.29) is 5.56 Å². The molecule has 1 aromatic heterocycles. The highest BCUT2D eigenvalue weighted by atomic mass is 19.4. The van der Waals surface area contributed by atoms with E-state index in [9.17, 15) is 18.0 Å². The molecule has 0 aliphatic heterocycles. The van der Waals surface area contributed by atoms with Gasteiger partial charge in [0.2, 0.25) is 5.95 Å². The minimum atomic E-state index is -4.43. The van der Waals surface area contributed by atoms with Gasteiger partial charge in [0, 0.05) is 19.7 Å². The van der Waals surface area contributed by atoms with Gasteiger partial charge in [0.25, 0.3) is 5.91 Å². The van der Waals surface area contributed by atoms with E-state index in [1.165, 1.54) is 12.4 Å². The van der Waals surface area contributed by atoms with Crippen LogP contribution in [0.15, 0.2) is 36.7 Å². The third-order valence-electron chi connectivity index (χ3n) is 2.77. The molecule has 8 heteroatoms. The topological polar surface area (TPSA) is 58.1 Å². The fraction of sp³-hybridized carbons (Fsp3) is 0.214. The number of carbonyl (C=O) groups is 1. The summed E-state index contributed by atoms with van der Waals surface area (Å²) < 4.78 is 37.3. The first-order chi connectivity index (χ1) is 10.3. The SMILES string of the molecule is CN(C)c1ncc(NC(=O)c2ccc(C(F)(F)F)cc2)cn1. The minimum Gasteiger partial charge on any atom is -0.347 e. The van der Waals surface area contributed by atoms with Crippen LogP contribution in [0.3, 0.4) is 0 Å². The van der Waals surface area contributed by atoms with Crippen LogP contribution < -0.4 is 10.2 Å². The predicted octanol–water partition coefficient (Wildman–Crippen LogP) is 2.81. The van der Waals surface area contributed by atoms with Crippen molar-refractivity contribution in [1.82, 2.24) is 9.97 Å². The fourth-order valence-corrected chi connectivity index (χ4v) is 1.63. The highest BCUT2D eigenvalue weighted by Crippen LogP contribution is 2.29. The van der Waals surface area contributed by atoms with Gasteiger partial charge < -0.3 is 10.2 Å². The van der Waals surface area contributed by atoms with Gasteiger partial charge in [0.15, 0.2) is 0 Å². The van der Waals surface area contributed by atoms with Crippen molar-refractivity contribution in [2.24, 2.45) is 0 Å². The number of carbonyl (C=O) groups excluding carboxylic acids is 1. The van der Waals surface area contributed by atoms with E-state index in [2.05, 4.69) is 15.3 Å². The molecule has 5 nitrogen and oxygen atoms in total. The lowest BCUT2D eigenvalue weighted by molar-refractivity contribution is -0.137. The fourth-order valence-electron chi connectivity index (χ4n) is 1.63. The van der Waals surface area contributed by atoms with Gasteiger partial charge >= 0.3 is 6.18 Å². The average molecular weight is 310 g/mol. The smallest absolute Gasteiger partial charge is 0.347 e. The predicted molar refractivity (Wildman–Crippen MR) is 75.8 cm³/mol. The highest BCUT2D eigenvalue weighted by molar-refractivity contribution is 6.04. The van der Waals surface area contributed by atoms with Crippen molar-refractivity contribution in [3.8, 4) is 0 Å². The van der Waals surface area contributed by atoms with E-state index in [1.807, 2.05) is 0 Å². The van der Waals surface area contributed by atoms with Crippen LogP contribution in [-0.4, -0.2) is 30.0 Å². The van der Waals surface area contributed by atoms with Crippen molar-refractivity contribution < 1.29 is 18.0 Å². The first-order valence-corrected chi connectivity index (χ1v) is 6.25. The zero-order chi connectivity index (χ0) is 16.3. The molecule has 2 rings (SSSR count). The summed E-state index contributed by atoms with van der Waals surface area (Å²) in [4.78, 5) is 21.7. The first kappa shape index (κ1) is 15.7. The molecule has 0 radical (unpaired) electrons. The quantitative estimate of drug-likeness (QED) is 0.947. The van der Waals surface area contributed by atoms with Crippen LogP contribution >= 0.6 is 0 Å². The summed E-state index contributed by atoms with van der Waals surface area (Å²) in [5, 5.41) is 2.52. The van der Waals surface area contributed by atoms with E-state index >= 15 is 0 Å². The molecule has 0 aliphatic carbocycles. The Labute approximate surface area is 124 Å². The second kappa shape index (κ2) is 6.00. The van der Waals surface area contributed by atoms with Gasteiger partial charge in [-0.15, -0.1) is 0 Å². The van der Waals surface area contributed by atoms with Gasteiger partial charge in [0.1, 0.15) is 0 Å². The summed E-state index contributed by atoms with van der Waals surface area (Å²) >= 11 is 0. The molecule has 0 aliphatic rings. The Bertz CT molecular complexity index is 651. The van der Waals surface area contributed by atoms with Gasteiger partial charge in [-0.05, 0) is 24.3 Å². The summed E-state index contributed by atoms with van der Waals surface area (Å²) in [7, 11) is 3.55. The monoisotopic (exact) mass is 310 g/mol. The Kier molecular flexibility index (Phi) is 4.30. The standard InChI is InChI=1S/C14H13F3N4O/c1-21(2)13-18-7-11(8-19-13)20-12(22)9-3-5-10(6-4-9)14(15,16)17/h3-8H,1-2H3,(H,20,22). The van der Waals surface area contributed by atoms with Crippen molar-refractivity contribution in [2.75, 3.05) is 24.3 Å². The lowest BCUT2D eigenvalue weighted by Crippen LogP contribution is -2.15. The normalized spacial score (nSPS) is 11.1. The maximum Gasteiger partial charge on any atom is 0.416 e. The second-order valence-electron chi connectivity index (χ2n) is 4.70. The van der Waals surface area contributed by atoms with Crippen LogP contribution in [0.2, 0.25) is 0 Å². The van der Waals surface area contributed by atoms with E-state index in [1.54, 1.807) is 19.0 Å². The van der Waals surface area contributed by atoms with Gasteiger partial charge in [-0.25, -0.2) is 9.97 Å². The van der Waals surface area contributed by atoms with Crippen molar-refractivity contribution in [3.63, 3.8) is 0 Å². The van der Waals surface area contributed by atoms with Crippen LogP contribution in [0.1, 0.15) is 15.9 Å². The number of alkyl halides is 3. The maximum atomic E-state index is 12.4. The van der Waals surface area contributed by atoms with E-state index in [4.69, 9.17) is 0 Å². The third kappa shape index (κ3) is 3.72. The van der Waals surface area contributed by atoms with E-state index in [0.29, 0.717) is 11.6 Å². The van der Waals surface area contributed by atoms with Gasteiger partial charge in [-0.2, -0.15) is 13.2 Å². The van der Waals surface area contributed by atoms with Gasteiger partial charge in [0.05, 0.1) is 23.6 Å². The molecule has 0 atom stereocenters. The largest absolute Gasteiger partial charge is 0.416 e. The molecule has 22 heavy (non-hydrogen) atoms. The molecule has 1 heterocycles. The number of nitrogens with one attached hydrogen (secondary N) is 1. The lowest BCUT2D eigenvalue weighted by atomic mass is 10.1. The number of nitrogens with zero attached hydrogens (tertiary/aromatic N) is 3. The van der Waals surface area contributed by atoms with Crippen LogP contribution in [0.25, 0.3) is 0 Å². The molecule has 0 saturated carbocycles. The Morgan fingerprint density at radius 2 is 1.64 bits per heavy atom. The highest BCUT2D eigenvalue weighted by Gasteiger charge is 2.30. The number of rotatable bonds is 3. The number of hydrogen-bond donors (Lipinski definition) is 1. The Morgan fingerprint density at radius 1 is 1.09 bits per heavy atom. The zero-order valence-corrected chi connectivity index (χ0v) is 11.8. The molecule has 1 N–H and O–H groups in total. The van der Waals surface area contributed by atoms with E-state index < -0.39 is 17.6 Å². The molecule has 1 aromatic carbocycles. The molecular weight excluding hydrogens is 297 g/mol. The average Bonchev–Trinajstić information content (AvgIpc) is 2.47. The van der Waals surface area contributed by atoms with Gasteiger partial charge in [-0.3, -0.25) is 4.79 Å². The summed E-state index contributed by atoms with van der Waals surface area (Å²) in [6.07, 6.45) is -1.58. The van der Waals surface area contributed by atoms with Gasteiger partial charge in [-0.1, -0.05) is 0 Å². The van der Waals surface area contributed by atoms with E-state index in [0.717, 1.165) is 24.3 Å². The summed E-state index contributed by atoms with van der Waals surface area (Å²) in [5.74, 6) is -0.0533. The van der Waals surface area contributed by atoms with Crippen molar-refractivity contribution in [2.45, 2.75) is 6.18 Å². The Morgan fingerprint density at radius 3 is 2.09 bits per heavy atom. The Balaban J connectivity index is 2.09. The minimum absolute atomic E-state index is 0.115. The number of benzene rings is 1. The van der Waals surface area contributed by atoms with Crippen LogP contribution in [0.5, 0.6) is 0 Å². The number of anilines is 2. The summed E-state index contributed by atoms with van der Waals surface area (Å²) in [6, 6.07) is 3.96. The van der Waals surface area contributed by atoms with Crippen molar-refractivity contribution in [3.05, 3.63) is 47.8 Å². The van der Waals surface area contributed by atoms with Crippen molar-refractivity contribution in [1.29, 1.82) is 0 Å². The number of hydrogen-bond acceptors (Lipinski definition) is 4. The second-order valence-corrected chi connectivity index (χ2v) is 4.70. The molecule has 116 valence electrons. The first-order valence-electron chi connectivity index (χ1n) is 6.25. The van der Waals surface area contributed by atoms with Crippen LogP contribution in [0.4, 0.5) is 24.8 Å². The number of amides is 1. The summed E-state index contributed by atoms with van der Waals surface area (Å²) in [5.41, 5.74) is -0.331. The molecule has 0 bridgehead atoms. The summed E-state index contributed by atoms with van der Waals surface area (Å²) in [6.45, 7) is 0. The van der Waals surface area contributed by atoms with Crippen LogP contribution in [-0.2, 0) is 6.18 Å². The molecule has 0 saturated heterocycles. The zero-order valence-electron chi connectivity index (χ0n) is 11.8. The Hall–Kier alpha value is -2.64. The molecule has 1 amide bonds. The third-order valence-corrected chi connectivity index (χ3v) is 2.77. The maximum absolute atomic E-state index is 12.4. The molecule has 0 spiro atoms. The lowest BCUT2D eigenvalue weighted by Gasteiger charge is -2.10. The molecule has 2 aromatic rings. The number of halogens is 3. The molecular formula is C14H13F3N4O.